The molecular weight excluding hydrogens is 307 g/mol. The van der Waals surface area contributed by atoms with Crippen molar-refractivity contribution in [3.63, 3.8) is 0 Å². The first kappa shape index (κ1) is 13.7. The Bertz CT molecular complexity index is 906. The molecule has 21 heavy (non-hydrogen) atoms. The summed E-state index contributed by atoms with van der Waals surface area (Å²) in [6, 6.07) is 10.9. The number of nitrogens with two attached hydrogens (primary N) is 1. The van der Waals surface area contributed by atoms with E-state index in [0.29, 0.717) is 27.1 Å². The molecule has 0 bridgehead atoms. The van der Waals surface area contributed by atoms with Crippen molar-refractivity contribution < 1.29 is 0 Å². The van der Waals surface area contributed by atoms with Crippen molar-refractivity contribution in [2.75, 3.05) is 5.73 Å². The lowest BCUT2D eigenvalue weighted by Gasteiger charge is -2.10. The SMILES string of the molecule is Cc1ccc(C#N)cc1-n1c(N)nc2cc(Cl)c(Cl)cc21. The highest BCUT2D eigenvalue weighted by Crippen LogP contribution is 2.31. The third kappa shape index (κ3) is 2.21. The maximum Gasteiger partial charge on any atom is 0.205 e. The van der Waals surface area contributed by atoms with Gasteiger partial charge in [-0.2, -0.15) is 5.26 Å². The normalized spacial score (nSPS) is 10.8. The molecule has 0 aliphatic rings. The zero-order valence-electron chi connectivity index (χ0n) is 11.1. The van der Waals surface area contributed by atoms with Gasteiger partial charge in [-0.3, -0.25) is 4.57 Å². The summed E-state index contributed by atoms with van der Waals surface area (Å²) in [7, 11) is 0. The van der Waals surface area contributed by atoms with Crippen molar-refractivity contribution in [1.29, 1.82) is 5.26 Å². The monoisotopic (exact) mass is 316 g/mol. The van der Waals surface area contributed by atoms with Crippen LogP contribution in [-0.4, -0.2) is 9.55 Å². The largest absolute Gasteiger partial charge is 0.369 e. The highest BCUT2D eigenvalue weighted by Gasteiger charge is 2.14. The van der Waals surface area contributed by atoms with Crippen molar-refractivity contribution in [2.24, 2.45) is 0 Å². The zero-order chi connectivity index (χ0) is 15.1. The van der Waals surface area contributed by atoms with Crippen molar-refractivity contribution in [3.05, 3.63) is 51.5 Å². The molecule has 0 spiro atoms. The predicted molar refractivity (Wildman–Crippen MR) is 85.0 cm³/mol. The van der Waals surface area contributed by atoms with Gasteiger partial charge < -0.3 is 5.73 Å². The Morgan fingerprint density at radius 1 is 1.19 bits per heavy atom. The molecule has 0 amide bonds. The molecular formula is C15H10Cl2N4. The quantitative estimate of drug-likeness (QED) is 0.735. The minimum absolute atomic E-state index is 0.321. The summed E-state index contributed by atoms with van der Waals surface area (Å²) < 4.78 is 1.77. The van der Waals surface area contributed by atoms with E-state index in [0.717, 1.165) is 16.8 Å². The fourth-order valence-corrected chi connectivity index (χ4v) is 2.58. The first-order valence-electron chi connectivity index (χ1n) is 6.15. The minimum Gasteiger partial charge on any atom is -0.369 e. The molecule has 3 aromatic rings. The van der Waals surface area contributed by atoms with Gasteiger partial charge in [-0.25, -0.2) is 4.98 Å². The van der Waals surface area contributed by atoms with Gasteiger partial charge in [-0.05, 0) is 36.8 Å². The molecule has 0 aliphatic heterocycles. The number of anilines is 1. The Balaban J connectivity index is 2.38. The second-order valence-electron chi connectivity index (χ2n) is 4.67. The maximum absolute atomic E-state index is 9.07. The lowest BCUT2D eigenvalue weighted by atomic mass is 10.1. The number of fused-ring (bicyclic) bond motifs is 1. The molecule has 4 nitrogen and oxygen atoms in total. The maximum atomic E-state index is 9.07. The van der Waals surface area contributed by atoms with Crippen LogP contribution in [0.4, 0.5) is 5.95 Å². The molecule has 0 fully saturated rings. The summed E-state index contributed by atoms with van der Waals surface area (Å²) in [6.45, 7) is 1.94. The van der Waals surface area contributed by atoms with Crippen molar-refractivity contribution >= 4 is 40.2 Å². The number of halogens is 2. The van der Waals surface area contributed by atoms with Crippen molar-refractivity contribution in [1.82, 2.24) is 9.55 Å². The van der Waals surface area contributed by atoms with Crippen molar-refractivity contribution in [3.8, 4) is 11.8 Å². The minimum atomic E-state index is 0.321. The van der Waals surface area contributed by atoms with Crippen LogP contribution in [0.25, 0.3) is 16.7 Å². The summed E-state index contributed by atoms with van der Waals surface area (Å²) >= 11 is 12.1. The highest BCUT2D eigenvalue weighted by molar-refractivity contribution is 6.42. The third-order valence-corrected chi connectivity index (χ3v) is 4.02. The van der Waals surface area contributed by atoms with Gasteiger partial charge in [0.1, 0.15) is 0 Å². The van der Waals surface area contributed by atoms with E-state index in [1.807, 2.05) is 13.0 Å². The summed E-state index contributed by atoms with van der Waals surface area (Å²) in [5.41, 5.74) is 9.76. The molecule has 2 N–H and O–H groups in total. The number of benzene rings is 2. The van der Waals surface area contributed by atoms with Crippen molar-refractivity contribution in [2.45, 2.75) is 6.92 Å². The van der Waals surface area contributed by atoms with Gasteiger partial charge in [0.15, 0.2) is 0 Å². The fraction of sp³-hybridized carbons (Fsp3) is 0.0667. The number of imidazole rings is 1. The second kappa shape index (κ2) is 4.96. The highest BCUT2D eigenvalue weighted by atomic mass is 35.5. The Kier molecular flexibility index (Phi) is 3.25. The van der Waals surface area contributed by atoms with E-state index >= 15 is 0 Å². The first-order valence-corrected chi connectivity index (χ1v) is 6.91. The van der Waals surface area contributed by atoms with Gasteiger partial charge in [0.2, 0.25) is 5.95 Å². The zero-order valence-corrected chi connectivity index (χ0v) is 12.6. The number of aryl methyl sites for hydroxylation is 1. The number of nitrogens with zero attached hydrogens (tertiary/aromatic N) is 3. The van der Waals surface area contributed by atoms with Crippen LogP contribution < -0.4 is 5.73 Å². The Hall–Kier alpha value is -2.22. The van der Waals surface area contributed by atoms with Crippen LogP contribution >= 0.6 is 23.2 Å². The number of aromatic nitrogens is 2. The van der Waals surface area contributed by atoms with E-state index in [9.17, 15) is 0 Å². The van der Waals surface area contributed by atoms with E-state index in [1.54, 1.807) is 28.8 Å². The lowest BCUT2D eigenvalue weighted by molar-refractivity contribution is 1.09. The smallest absolute Gasteiger partial charge is 0.205 e. The molecule has 0 saturated heterocycles. The molecule has 1 heterocycles. The molecule has 3 rings (SSSR count). The molecule has 1 aromatic heterocycles. The Morgan fingerprint density at radius 3 is 2.62 bits per heavy atom. The van der Waals surface area contributed by atoms with Gasteiger partial charge in [0, 0.05) is 0 Å². The summed E-state index contributed by atoms with van der Waals surface area (Å²) in [4.78, 5) is 4.30. The molecule has 0 aliphatic carbocycles. The molecule has 0 radical (unpaired) electrons. The first-order chi connectivity index (χ1) is 10.0. The van der Waals surface area contributed by atoms with Crippen LogP contribution in [0.3, 0.4) is 0 Å². The van der Waals surface area contributed by atoms with E-state index in [4.69, 9.17) is 34.2 Å². The lowest BCUT2D eigenvalue weighted by Crippen LogP contribution is -2.03. The average molecular weight is 317 g/mol. The van der Waals surface area contributed by atoms with Crippen LogP contribution in [0.15, 0.2) is 30.3 Å². The summed E-state index contributed by atoms with van der Waals surface area (Å²) in [5, 5.41) is 9.93. The van der Waals surface area contributed by atoms with Gasteiger partial charge in [0.25, 0.3) is 0 Å². The summed E-state index contributed by atoms with van der Waals surface area (Å²) in [5.74, 6) is 0.321. The topological polar surface area (TPSA) is 67.6 Å². The van der Waals surface area contributed by atoms with Crippen LogP contribution in [0, 0.1) is 18.3 Å². The Labute approximate surface area is 131 Å². The molecule has 6 heteroatoms. The third-order valence-electron chi connectivity index (χ3n) is 3.30. The number of hydrogen-bond donors (Lipinski definition) is 1. The standard InChI is InChI=1S/C15H10Cl2N4/c1-8-2-3-9(7-18)4-13(8)21-14-6-11(17)10(16)5-12(14)20-15(21)19/h2-6H,1H3,(H2,19,20). The molecule has 0 atom stereocenters. The van der Waals surface area contributed by atoms with Crippen LogP contribution in [0.2, 0.25) is 10.0 Å². The number of nitriles is 1. The van der Waals surface area contributed by atoms with E-state index in [2.05, 4.69) is 11.1 Å². The van der Waals surface area contributed by atoms with Gasteiger partial charge >= 0.3 is 0 Å². The van der Waals surface area contributed by atoms with Gasteiger partial charge in [-0.1, -0.05) is 29.3 Å². The number of nitrogen functional groups attached to an aromatic ring is 1. The van der Waals surface area contributed by atoms with Crippen LogP contribution in [-0.2, 0) is 0 Å². The fourth-order valence-electron chi connectivity index (χ4n) is 2.26. The van der Waals surface area contributed by atoms with E-state index in [-0.39, 0.29) is 0 Å². The van der Waals surface area contributed by atoms with E-state index in [1.165, 1.54) is 0 Å². The molecule has 0 saturated carbocycles. The number of rotatable bonds is 1. The molecule has 104 valence electrons. The van der Waals surface area contributed by atoms with Gasteiger partial charge in [0.05, 0.1) is 38.4 Å². The Morgan fingerprint density at radius 2 is 1.90 bits per heavy atom. The van der Waals surface area contributed by atoms with E-state index < -0.39 is 0 Å². The van der Waals surface area contributed by atoms with Crippen LogP contribution in [0.1, 0.15) is 11.1 Å². The average Bonchev–Trinajstić information content (AvgIpc) is 2.75. The number of hydrogen-bond acceptors (Lipinski definition) is 3. The van der Waals surface area contributed by atoms with Gasteiger partial charge in [-0.15, -0.1) is 0 Å². The second-order valence-corrected chi connectivity index (χ2v) is 5.49. The predicted octanol–water partition coefficient (Wildman–Crippen LogP) is 4.09. The molecule has 2 aromatic carbocycles. The molecule has 0 unspecified atom stereocenters. The van der Waals surface area contributed by atoms with Crippen LogP contribution in [0.5, 0.6) is 0 Å². The summed E-state index contributed by atoms with van der Waals surface area (Å²) in [6.07, 6.45) is 0.